The van der Waals surface area contributed by atoms with E-state index in [9.17, 15) is 0 Å². The predicted octanol–water partition coefficient (Wildman–Crippen LogP) is -0.0124. The van der Waals surface area contributed by atoms with E-state index in [2.05, 4.69) is 27.0 Å². The number of likely N-dealkylation sites (tertiary alicyclic amines) is 1. The Morgan fingerprint density at radius 2 is 2.38 bits per heavy atom. The van der Waals surface area contributed by atoms with E-state index in [1.807, 2.05) is 0 Å². The minimum atomic E-state index is 0.510. The molecular formula is C11H19N5. The lowest BCUT2D eigenvalue weighted by molar-refractivity contribution is 0.375. The summed E-state index contributed by atoms with van der Waals surface area (Å²) in [6, 6.07) is 0.510. The van der Waals surface area contributed by atoms with E-state index < -0.39 is 0 Å². The van der Waals surface area contributed by atoms with Crippen LogP contribution in [0.5, 0.6) is 0 Å². The summed E-state index contributed by atoms with van der Waals surface area (Å²) in [6.07, 6.45) is 2.20. The lowest BCUT2D eigenvalue weighted by Gasteiger charge is -2.18. The molecule has 5 nitrogen and oxygen atoms in total. The van der Waals surface area contributed by atoms with Crippen LogP contribution in [0.25, 0.3) is 0 Å². The van der Waals surface area contributed by atoms with E-state index in [0.717, 1.165) is 38.4 Å². The molecule has 88 valence electrons. The van der Waals surface area contributed by atoms with Crippen molar-refractivity contribution in [1.82, 2.24) is 20.0 Å². The molecule has 3 heterocycles. The van der Waals surface area contributed by atoms with Gasteiger partial charge in [0.25, 0.3) is 0 Å². The van der Waals surface area contributed by atoms with Crippen molar-refractivity contribution < 1.29 is 0 Å². The molecule has 2 aliphatic rings. The number of nitrogen functional groups attached to an aromatic ring is 1. The molecule has 5 heteroatoms. The normalized spacial score (nSPS) is 25.9. The molecule has 1 aromatic rings. The summed E-state index contributed by atoms with van der Waals surface area (Å²) in [5.41, 5.74) is 8.57. The summed E-state index contributed by atoms with van der Waals surface area (Å²) in [4.78, 5) is 2.35. The van der Waals surface area contributed by atoms with E-state index in [4.69, 9.17) is 5.73 Å². The van der Waals surface area contributed by atoms with Crippen LogP contribution in [0.15, 0.2) is 0 Å². The number of fused-ring (bicyclic) bond motifs is 1. The van der Waals surface area contributed by atoms with Crippen molar-refractivity contribution in [3.63, 3.8) is 0 Å². The first-order valence-corrected chi connectivity index (χ1v) is 6.00. The van der Waals surface area contributed by atoms with Gasteiger partial charge in [0.15, 0.2) is 0 Å². The number of aromatic nitrogens is 2. The molecule has 0 aliphatic carbocycles. The number of likely N-dealkylation sites (N-methyl/N-ethyl adjacent to an activating group) is 1. The van der Waals surface area contributed by atoms with Crippen molar-refractivity contribution in [2.24, 2.45) is 0 Å². The summed E-state index contributed by atoms with van der Waals surface area (Å²) < 4.78 is 2.17. The average molecular weight is 221 g/mol. The van der Waals surface area contributed by atoms with Gasteiger partial charge in [-0.15, -0.1) is 0 Å². The second-order valence-corrected chi connectivity index (χ2v) is 4.89. The quantitative estimate of drug-likeness (QED) is 0.700. The number of anilines is 1. The van der Waals surface area contributed by atoms with Crippen molar-refractivity contribution in [3.05, 3.63) is 11.3 Å². The maximum Gasteiger partial charge on any atom is 0.149 e. The lowest BCUT2D eigenvalue weighted by Crippen LogP contribution is -2.27. The molecule has 0 spiro atoms. The molecule has 0 aromatic carbocycles. The Morgan fingerprint density at radius 3 is 3.12 bits per heavy atom. The van der Waals surface area contributed by atoms with Gasteiger partial charge in [-0.1, -0.05) is 0 Å². The zero-order chi connectivity index (χ0) is 11.1. The molecule has 1 aromatic heterocycles. The number of hydrogen-bond acceptors (Lipinski definition) is 4. The molecule has 0 amide bonds. The van der Waals surface area contributed by atoms with Gasteiger partial charge in [-0.05, 0) is 33.0 Å². The van der Waals surface area contributed by atoms with E-state index in [-0.39, 0.29) is 0 Å². The highest BCUT2D eigenvalue weighted by Crippen LogP contribution is 2.27. The molecule has 0 saturated carbocycles. The van der Waals surface area contributed by atoms with E-state index >= 15 is 0 Å². The summed E-state index contributed by atoms with van der Waals surface area (Å²) in [6.45, 7) is 4.19. The second kappa shape index (κ2) is 3.75. The Bertz CT molecular complexity index is 397. The van der Waals surface area contributed by atoms with Crippen molar-refractivity contribution in [2.75, 3.05) is 32.4 Å². The summed E-state index contributed by atoms with van der Waals surface area (Å²) in [5, 5.41) is 7.94. The molecule has 16 heavy (non-hydrogen) atoms. The van der Waals surface area contributed by atoms with Crippen LogP contribution in [0.1, 0.15) is 23.7 Å². The third-order valence-electron chi connectivity index (χ3n) is 3.71. The van der Waals surface area contributed by atoms with Gasteiger partial charge in [0, 0.05) is 18.7 Å². The fourth-order valence-corrected chi connectivity index (χ4v) is 2.82. The topological polar surface area (TPSA) is 59.1 Å². The van der Waals surface area contributed by atoms with E-state index in [0.29, 0.717) is 6.04 Å². The summed E-state index contributed by atoms with van der Waals surface area (Å²) in [5.74, 6) is 0.742. The van der Waals surface area contributed by atoms with Gasteiger partial charge >= 0.3 is 0 Å². The smallest absolute Gasteiger partial charge is 0.149 e. The van der Waals surface area contributed by atoms with Gasteiger partial charge in [0.2, 0.25) is 0 Å². The number of rotatable bonds is 1. The molecule has 1 saturated heterocycles. The molecular weight excluding hydrogens is 202 g/mol. The zero-order valence-corrected chi connectivity index (χ0v) is 9.74. The highest BCUT2D eigenvalue weighted by molar-refractivity contribution is 5.44. The molecule has 0 bridgehead atoms. The van der Waals surface area contributed by atoms with E-state index in [1.54, 1.807) is 0 Å². The Kier molecular flexibility index (Phi) is 2.37. The minimum Gasteiger partial charge on any atom is -0.382 e. The molecule has 3 rings (SSSR count). The van der Waals surface area contributed by atoms with Gasteiger partial charge in [0.05, 0.1) is 11.7 Å². The van der Waals surface area contributed by atoms with Gasteiger partial charge in [0.1, 0.15) is 5.82 Å². The average Bonchev–Trinajstić information content (AvgIpc) is 2.84. The van der Waals surface area contributed by atoms with Crippen LogP contribution in [0.4, 0.5) is 5.82 Å². The first-order valence-electron chi connectivity index (χ1n) is 6.00. The van der Waals surface area contributed by atoms with Crippen LogP contribution in [0.2, 0.25) is 0 Å². The van der Waals surface area contributed by atoms with Crippen LogP contribution in [0.3, 0.4) is 0 Å². The SMILES string of the molecule is CN1CCC(n2nc(N)c3c2CNCC3)C1. The van der Waals surface area contributed by atoms with Crippen molar-refractivity contribution >= 4 is 5.82 Å². The molecule has 2 aliphatic heterocycles. The van der Waals surface area contributed by atoms with Crippen molar-refractivity contribution in [3.8, 4) is 0 Å². The summed E-state index contributed by atoms with van der Waals surface area (Å²) >= 11 is 0. The predicted molar refractivity (Wildman–Crippen MR) is 63.2 cm³/mol. The highest BCUT2D eigenvalue weighted by Gasteiger charge is 2.27. The van der Waals surface area contributed by atoms with Crippen LogP contribution >= 0.6 is 0 Å². The lowest BCUT2D eigenvalue weighted by atomic mass is 10.1. The standard InChI is InChI=1S/C11H19N5/c1-15-5-3-8(7-15)16-10-6-13-4-2-9(10)11(12)14-16/h8,13H,2-7H2,1H3,(H2,12,14). The number of nitrogens with two attached hydrogens (primary N) is 1. The first-order chi connectivity index (χ1) is 7.75. The van der Waals surface area contributed by atoms with Crippen molar-refractivity contribution in [2.45, 2.75) is 25.4 Å². The maximum absolute atomic E-state index is 5.99. The highest BCUT2D eigenvalue weighted by atomic mass is 15.4. The number of nitrogens with one attached hydrogen (secondary N) is 1. The number of nitrogens with zero attached hydrogens (tertiary/aromatic N) is 3. The fraction of sp³-hybridized carbons (Fsp3) is 0.727. The Balaban J connectivity index is 1.95. The van der Waals surface area contributed by atoms with Crippen LogP contribution in [0, 0.1) is 0 Å². The molecule has 3 N–H and O–H groups in total. The van der Waals surface area contributed by atoms with E-state index in [1.165, 1.54) is 17.7 Å². The molecule has 0 radical (unpaired) electrons. The monoisotopic (exact) mass is 221 g/mol. The van der Waals surface area contributed by atoms with Gasteiger partial charge in [-0.2, -0.15) is 5.10 Å². The zero-order valence-electron chi connectivity index (χ0n) is 9.74. The largest absolute Gasteiger partial charge is 0.382 e. The Morgan fingerprint density at radius 1 is 1.50 bits per heavy atom. The first kappa shape index (κ1) is 10.1. The maximum atomic E-state index is 5.99. The molecule has 1 fully saturated rings. The van der Waals surface area contributed by atoms with Gasteiger partial charge in [-0.3, -0.25) is 4.68 Å². The Labute approximate surface area is 95.6 Å². The van der Waals surface area contributed by atoms with Gasteiger partial charge < -0.3 is 16.0 Å². The molecule has 1 unspecified atom stereocenters. The van der Waals surface area contributed by atoms with Crippen LogP contribution < -0.4 is 11.1 Å². The number of hydrogen-bond donors (Lipinski definition) is 2. The fourth-order valence-electron chi connectivity index (χ4n) is 2.82. The van der Waals surface area contributed by atoms with Crippen LogP contribution in [-0.4, -0.2) is 41.4 Å². The third kappa shape index (κ3) is 1.51. The summed E-state index contributed by atoms with van der Waals surface area (Å²) in [7, 11) is 2.16. The van der Waals surface area contributed by atoms with Crippen molar-refractivity contribution in [1.29, 1.82) is 0 Å². The molecule has 1 atom stereocenters. The Hall–Kier alpha value is -1.07. The van der Waals surface area contributed by atoms with Crippen LogP contribution in [-0.2, 0) is 13.0 Å². The van der Waals surface area contributed by atoms with Gasteiger partial charge in [-0.25, -0.2) is 0 Å². The second-order valence-electron chi connectivity index (χ2n) is 4.89. The minimum absolute atomic E-state index is 0.510. The third-order valence-corrected chi connectivity index (χ3v) is 3.71.